The minimum atomic E-state index is -0.0870. The molecule has 4 aliphatic rings. The van der Waals surface area contributed by atoms with Crippen molar-refractivity contribution in [3.8, 4) is 0 Å². The van der Waals surface area contributed by atoms with Gasteiger partial charge in [0.2, 0.25) is 0 Å². The molecule has 170 valence electrons. The van der Waals surface area contributed by atoms with Gasteiger partial charge < -0.3 is 5.11 Å². The maximum absolute atomic E-state index is 10.2. The highest BCUT2D eigenvalue weighted by molar-refractivity contribution is 5.25. The van der Waals surface area contributed by atoms with Crippen molar-refractivity contribution in [1.29, 1.82) is 0 Å². The van der Waals surface area contributed by atoms with E-state index >= 15 is 0 Å². The molecule has 0 aliphatic heterocycles. The van der Waals surface area contributed by atoms with Crippen LogP contribution in [0.15, 0.2) is 23.8 Å². The average Bonchev–Trinajstić information content (AvgIpc) is 3.06. The first kappa shape index (κ1) is 22.6. The summed E-state index contributed by atoms with van der Waals surface area (Å²) < 4.78 is 0. The molecule has 4 rings (SSSR count). The summed E-state index contributed by atoms with van der Waals surface area (Å²) in [6, 6.07) is 0. The molecule has 0 saturated heterocycles. The van der Waals surface area contributed by atoms with E-state index in [2.05, 4.69) is 59.8 Å². The predicted octanol–water partition coefficient (Wildman–Crippen LogP) is 7.80. The summed E-state index contributed by atoms with van der Waals surface area (Å²) in [5, 5.41) is 10.2. The van der Waals surface area contributed by atoms with Crippen LogP contribution in [0.25, 0.3) is 0 Å². The summed E-state index contributed by atoms with van der Waals surface area (Å²) in [6.45, 7) is 14.8. The Morgan fingerprint density at radius 1 is 1.03 bits per heavy atom. The van der Waals surface area contributed by atoms with Gasteiger partial charge in [0.05, 0.1) is 6.10 Å². The SMILES string of the molecule is CC[C@H](/C=C/[C@@H](C)[C@H]1CC[C@@H]2[C@@H]3CC=C4C[C@@H](O)CC[C@]4(C)[C@H]3CC[C@@]21C)C(C)C. The van der Waals surface area contributed by atoms with Crippen molar-refractivity contribution in [3.63, 3.8) is 0 Å². The van der Waals surface area contributed by atoms with Crippen LogP contribution in [-0.2, 0) is 0 Å². The molecule has 1 N–H and O–H groups in total. The predicted molar refractivity (Wildman–Crippen MR) is 128 cm³/mol. The molecule has 0 bridgehead atoms. The summed E-state index contributed by atoms with van der Waals surface area (Å²) in [4.78, 5) is 0. The number of aliphatic hydroxyl groups is 1. The maximum Gasteiger partial charge on any atom is 0.0577 e. The third-order valence-corrected chi connectivity index (χ3v) is 10.8. The molecule has 0 heterocycles. The van der Waals surface area contributed by atoms with E-state index in [1.165, 1.54) is 44.9 Å². The lowest BCUT2D eigenvalue weighted by atomic mass is 9.47. The number of allylic oxidation sites excluding steroid dienone is 3. The molecule has 0 spiro atoms. The average molecular weight is 413 g/mol. The summed E-state index contributed by atoms with van der Waals surface area (Å²) in [7, 11) is 0. The Hall–Kier alpha value is -0.560. The highest BCUT2D eigenvalue weighted by Gasteiger charge is 2.58. The van der Waals surface area contributed by atoms with E-state index in [1.54, 1.807) is 5.57 Å². The van der Waals surface area contributed by atoms with Crippen molar-refractivity contribution in [1.82, 2.24) is 0 Å². The molecule has 3 fully saturated rings. The number of fused-ring (bicyclic) bond motifs is 5. The second-order valence-electron chi connectivity index (χ2n) is 12.4. The minimum Gasteiger partial charge on any atom is -0.393 e. The van der Waals surface area contributed by atoms with E-state index in [9.17, 15) is 5.11 Å². The topological polar surface area (TPSA) is 20.2 Å². The van der Waals surface area contributed by atoms with Crippen LogP contribution in [0.4, 0.5) is 0 Å². The Morgan fingerprint density at radius 2 is 1.80 bits per heavy atom. The lowest BCUT2D eigenvalue weighted by Crippen LogP contribution is -2.50. The Morgan fingerprint density at radius 3 is 2.50 bits per heavy atom. The fourth-order valence-corrected chi connectivity index (χ4v) is 8.83. The molecule has 0 aromatic heterocycles. The molecule has 30 heavy (non-hydrogen) atoms. The molecule has 0 amide bonds. The fourth-order valence-electron chi connectivity index (χ4n) is 8.83. The van der Waals surface area contributed by atoms with E-state index in [0.717, 1.165) is 48.3 Å². The van der Waals surface area contributed by atoms with Crippen LogP contribution in [0.1, 0.15) is 99.3 Å². The number of hydrogen-bond acceptors (Lipinski definition) is 1. The molecular weight excluding hydrogens is 364 g/mol. The zero-order chi connectivity index (χ0) is 21.7. The Labute approximate surface area is 186 Å². The van der Waals surface area contributed by atoms with Crippen molar-refractivity contribution in [2.45, 2.75) is 105 Å². The van der Waals surface area contributed by atoms with Crippen LogP contribution in [0.2, 0.25) is 0 Å². The number of rotatable bonds is 5. The third-order valence-electron chi connectivity index (χ3n) is 10.8. The van der Waals surface area contributed by atoms with Gasteiger partial charge in [0.1, 0.15) is 0 Å². The summed E-state index contributed by atoms with van der Waals surface area (Å²) in [5.74, 6) is 5.70. The van der Waals surface area contributed by atoms with Crippen molar-refractivity contribution in [2.24, 2.45) is 52.3 Å². The fraction of sp³-hybridized carbons (Fsp3) is 0.862. The summed E-state index contributed by atoms with van der Waals surface area (Å²) >= 11 is 0. The van der Waals surface area contributed by atoms with Crippen LogP contribution in [0, 0.1) is 52.3 Å². The molecule has 4 aliphatic carbocycles. The molecule has 1 nitrogen and oxygen atoms in total. The van der Waals surface area contributed by atoms with Crippen molar-refractivity contribution in [3.05, 3.63) is 23.8 Å². The molecule has 3 saturated carbocycles. The molecule has 0 aromatic carbocycles. The van der Waals surface area contributed by atoms with Gasteiger partial charge in [-0.1, -0.05) is 65.3 Å². The van der Waals surface area contributed by atoms with Crippen LogP contribution in [0.3, 0.4) is 0 Å². The monoisotopic (exact) mass is 412 g/mol. The minimum absolute atomic E-state index is 0.0870. The number of hydrogen-bond donors (Lipinski definition) is 1. The zero-order valence-corrected chi connectivity index (χ0v) is 20.7. The molecule has 1 heteroatoms. The summed E-state index contributed by atoms with van der Waals surface area (Å²) in [6.07, 6.45) is 19.1. The van der Waals surface area contributed by atoms with Gasteiger partial charge >= 0.3 is 0 Å². The molecular formula is C29H48O. The third kappa shape index (κ3) is 3.66. The van der Waals surface area contributed by atoms with Gasteiger partial charge in [0, 0.05) is 0 Å². The highest BCUT2D eigenvalue weighted by atomic mass is 16.3. The van der Waals surface area contributed by atoms with Crippen LogP contribution in [0.5, 0.6) is 0 Å². The first-order chi connectivity index (χ1) is 14.2. The normalized spacial score (nSPS) is 45.6. The standard InChI is InChI=1S/C29H48O/c1-7-21(19(2)3)9-8-20(4)25-12-13-26-24-11-10-22-18-23(30)14-16-28(22,5)27(24)15-17-29(25,26)6/h8-10,19-21,23-27,30H,7,11-18H2,1-6H3/b9-8+/t20-,21-,23+,24+,25-,26-,27+,28+,29-/m1/s1. The van der Waals surface area contributed by atoms with E-state index in [1.807, 2.05) is 0 Å². The quantitative estimate of drug-likeness (QED) is 0.457. The van der Waals surface area contributed by atoms with Gasteiger partial charge in [-0.15, -0.1) is 0 Å². The summed E-state index contributed by atoms with van der Waals surface area (Å²) in [5.41, 5.74) is 2.51. The Kier molecular flexibility index (Phi) is 6.35. The van der Waals surface area contributed by atoms with Crippen molar-refractivity contribution >= 4 is 0 Å². The second-order valence-corrected chi connectivity index (χ2v) is 12.4. The van der Waals surface area contributed by atoms with Gasteiger partial charge in [-0.3, -0.25) is 0 Å². The second kappa shape index (κ2) is 8.42. The Balaban J connectivity index is 1.52. The lowest BCUT2D eigenvalue weighted by molar-refractivity contribution is -0.0540. The molecule has 9 atom stereocenters. The van der Waals surface area contributed by atoms with Gasteiger partial charge in [0.25, 0.3) is 0 Å². The van der Waals surface area contributed by atoms with E-state index in [4.69, 9.17) is 0 Å². The smallest absolute Gasteiger partial charge is 0.0577 e. The maximum atomic E-state index is 10.2. The Bertz CT molecular complexity index is 674. The van der Waals surface area contributed by atoms with Gasteiger partial charge in [0.15, 0.2) is 0 Å². The lowest BCUT2D eigenvalue weighted by Gasteiger charge is -2.58. The molecule has 0 radical (unpaired) electrons. The molecule has 0 aromatic rings. The van der Waals surface area contributed by atoms with Crippen LogP contribution in [-0.4, -0.2) is 11.2 Å². The van der Waals surface area contributed by atoms with Gasteiger partial charge in [-0.05, 0) is 110 Å². The van der Waals surface area contributed by atoms with E-state index < -0.39 is 0 Å². The van der Waals surface area contributed by atoms with Crippen LogP contribution < -0.4 is 0 Å². The zero-order valence-electron chi connectivity index (χ0n) is 20.7. The van der Waals surface area contributed by atoms with E-state index in [-0.39, 0.29) is 6.10 Å². The van der Waals surface area contributed by atoms with Gasteiger partial charge in [-0.25, -0.2) is 0 Å². The first-order valence-corrected chi connectivity index (χ1v) is 13.3. The molecule has 0 unspecified atom stereocenters. The van der Waals surface area contributed by atoms with Crippen molar-refractivity contribution in [2.75, 3.05) is 0 Å². The largest absolute Gasteiger partial charge is 0.393 e. The number of aliphatic hydroxyl groups excluding tert-OH is 1. The van der Waals surface area contributed by atoms with Crippen LogP contribution >= 0.6 is 0 Å². The van der Waals surface area contributed by atoms with Crippen molar-refractivity contribution < 1.29 is 5.11 Å². The highest BCUT2D eigenvalue weighted by Crippen LogP contribution is 2.67. The van der Waals surface area contributed by atoms with Gasteiger partial charge in [-0.2, -0.15) is 0 Å². The first-order valence-electron chi connectivity index (χ1n) is 13.3. The van der Waals surface area contributed by atoms with E-state index in [0.29, 0.717) is 16.7 Å².